The molecule has 0 saturated heterocycles. The summed E-state index contributed by atoms with van der Waals surface area (Å²) in [7, 11) is 0. The lowest BCUT2D eigenvalue weighted by Gasteiger charge is -2.05. The number of nitrogens with zero attached hydrogens (tertiary/aromatic N) is 2. The van der Waals surface area contributed by atoms with Crippen LogP contribution in [0, 0.1) is 5.92 Å². The molecule has 90 valence electrons. The molecular formula is C10H17N3O2S. The third-order valence-electron chi connectivity index (χ3n) is 2.19. The van der Waals surface area contributed by atoms with Gasteiger partial charge in [-0.3, -0.25) is 4.79 Å². The summed E-state index contributed by atoms with van der Waals surface area (Å²) in [6, 6.07) is 0. The van der Waals surface area contributed by atoms with Crippen LogP contribution in [0.15, 0.2) is 0 Å². The minimum absolute atomic E-state index is 0.387. The Morgan fingerprint density at radius 3 is 2.94 bits per heavy atom. The van der Waals surface area contributed by atoms with E-state index in [0.29, 0.717) is 11.7 Å². The lowest BCUT2D eigenvalue weighted by Crippen LogP contribution is -2.19. The van der Waals surface area contributed by atoms with E-state index in [1.54, 1.807) is 6.92 Å². The Labute approximate surface area is 98.9 Å². The van der Waals surface area contributed by atoms with Crippen LogP contribution < -0.4 is 5.32 Å². The highest BCUT2D eigenvalue weighted by atomic mass is 32.1. The number of unbranched alkanes of at least 4 members (excludes halogenated alkanes) is 1. The standard InChI is InChI=1S/C10H17N3O2S/c1-3-4-5-8-12-13-10(16-8)11-6-7(2)9(14)15/h7H,3-6H2,1-2H3,(H,11,13)(H,14,15). The predicted octanol–water partition coefficient (Wildman–Crippen LogP) is 2.01. The number of aliphatic carboxylic acids is 1. The molecule has 0 amide bonds. The van der Waals surface area contributed by atoms with Crippen molar-refractivity contribution in [1.82, 2.24) is 10.2 Å². The highest BCUT2D eigenvalue weighted by molar-refractivity contribution is 7.15. The first-order valence-corrected chi connectivity index (χ1v) is 6.24. The van der Waals surface area contributed by atoms with Crippen LogP contribution in [0.25, 0.3) is 0 Å². The molecule has 1 rings (SSSR count). The maximum Gasteiger partial charge on any atom is 0.308 e. The van der Waals surface area contributed by atoms with Crippen LogP contribution in [-0.2, 0) is 11.2 Å². The minimum atomic E-state index is -0.803. The van der Waals surface area contributed by atoms with Crippen molar-refractivity contribution < 1.29 is 9.90 Å². The molecule has 0 aliphatic heterocycles. The van der Waals surface area contributed by atoms with E-state index in [1.807, 2.05) is 0 Å². The van der Waals surface area contributed by atoms with Gasteiger partial charge in [0.05, 0.1) is 5.92 Å². The number of rotatable bonds is 7. The summed E-state index contributed by atoms with van der Waals surface area (Å²) in [6.45, 7) is 4.18. The summed E-state index contributed by atoms with van der Waals surface area (Å²) in [6.07, 6.45) is 3.20. The van der Waals surface area contributed by atoms with Gasteiger partial charge in [0.1, 0.15) is 5.01 Å². The van der Waals surface area contributed by atoms with E-state index in [-0.39, 0.29) is 0 Å². The van der Waals surface area contributed by atoms with Gasteiger partial charge in [0.25, 0.3) is 0 Å². The second-order valence-corrected chi connectivity index (χ2v) is 4.79. The Balaban J connectivity index is 2.37. The van der Waals surface area contributed by atoms with Crippen LogP contribution in [-0.4, -0.2) is 27.8 Å². The van der Waals surface area contributed by atoms with E-state index < -0.39 is 11.9 Å². The fourth-order valence-corrected chi connectivity index (χ4v) is 1.87. The third-order valence-corrected chi connectivity index (χ3v) is 3.13. The van der Waals surface area contributed by atoms with Gasteiger partial charge in [-0.15, -0.1) is 10.2 Å². The lowest BCUT2D eigenvalue weighted by atomic mass is 10.2. The Morgan fingerprint density at radius 1 is 1.56 bits per heavy atom. The number of hydrogen-bond acceptors (Lipinski definition) is 5. The summed E-state index contributed by atoms with van der Waals surface area (Å²) >= 11 is 1.50. The van der Waals surface area contributed by atoms with E-state index in [9.17, 15) is 4.79 Å². The molecule has 1 atom stereocenters. The topological polar surface area (TPSA) is 75.1 Å². The molecule has 1 heterocycles. The number of hydrogen-bond donors (Lipinski definition) is 2. The average Bonchev–Trinajstić information content (AvgIpc) is 2.70. The number of aromatic nitrogens is 2. The van der Waals surface area contributed by atoms with E-state index in [4.69, 9.17) is 5.11 Å². The van der Waals surface area contributed by atoms with Gasteiger partial charge < -0.3 is 10.4 Å². The fraction of sp³-hybridized carbons (Fsp3) is 0.700. The molecule has 1 aromatic rings. The molecule has 0 saturated carbocycles. The van der Waals surface area contributed by atoms with Gasteiger partial charge in [0.15, 0.2) is 0 Å². The zero-order valence-corrected chi connectivity index (χ0v) is 10.4. The zero-order chi connectivity index (χ0) is 12.0. The summed E-state index contributed by atoms with van der Waals surface area (Å²) < 4.78 is 0. The molecule has 0 aliphatic carbocycles. The highest BCUT2D eigenvalue weighted by Gasteiger charge is 2.11. The third kappa shape index (κ3) is 4.14. The molecule has 1 aromatic heterocycles. The van der Waals surface area contributed by atoms with Gasteiger partial charge in [-0.1, -0.05) is 31.6 Å². The average molecular weight is 243 g/mol. The molecule has 2 N–H and O–H groups in total. The predicted molar refractivity (Wildman–Crippen MR) is 63.8 cm³/mol. The Hall–Kier alpha value is -1.17. The molecule has 0 fully saturated rings. The molecule has 1 unspecified atom stereocenters. The van der Waals surface area contributed by atoms with Crippen molar-refractivity contribution in [1.29, 1.82) is 0 Å². The minimum Gasteiger partial charge on any atom is -0.481 e. The van der Waals surface area contributed by atoms with Crippen molar-refractivity contribution >= 4 is 22.4 Å². The summed E-state index contributed by atoms with van der Waals surface area (Å²) in [5.74, 6) is -1.22. The van der Waals surface area contributed by atoms with Gasteiger partial charge >= 0.3 is 5.97 Å². The Morgan fingerprint density at radius 2 is 2.31 bits per heavy atom. The largest absolute Gasteiger partial charge is 0.481 e. The van der Waals surface area contributed by atoms with Gasteiger partial charge in [0, 0.05) is 13.0 Å². The first-order chi connectivity index (χ1) is 7.63. The van der Waals surface area contributed by atoms with Gasteiger partial charge in [-0.2, -0.15) is 0 Å². The van der Waals surface area contributed by atoms with Crippen molar-refractivity contribution in [3.8, 4) is 0 Å². The van der Waals surface area contributed by atoms with Crippen LogP contribution in [0.5, 0.6) is 0 Å². The van der Waals surface area contributed by atoms with Crippen LogP contribution >= 0.6 is 11.3 Å². The molecule has 16 heavy (non-hydrogen) atoms. The van der Waals surface area contributed by atoms with Crippen LogP contribution in [0.2, 0.25) is 0 Å². The van der Waals surface area contributed by atoms with Crippen molar-refractivity contribution in [2.75, 3.05) is 11.9 Å². The number of anilines is 1. The molecule has 6 heteroatoms. The van der Waals surface area contributed by atoms with E-state index in [0.717, 1.165) is 24.3 Å². The van der Waals surface area contributed by atoms with E-state index >= 15 is 0 Å². The first kappa shape index (κ1) is 12.9. The Bertz CT molecular complexity index is 341. The molecule has 5 nitrogen and oxygen atoms in total. The normalized spacial score (nSPS) is 12.4. The van der Waals surface area contributed by atoms with Gasteiger partial charge in [0.2, 0.25) is 5.13 Å². The lowest BCUT2D eigenvalue weighted by molar-refractivity contribution is -0.140. The number of nitrogens with one attached hydrogen (secondary N) is 1. The smallest absolute Gasteiger partial charge is 0.308 e. The quantitative estimate of drug-likeness (QED) is 0.766. The summed E-state index contributed by atoms with van der Waals surface area (Å²) in [5.41, 5.74) is 0. The molecule has 0 radical (unpaired) electrons. The van der Waals surface area contributed by atoms with Crippen LogP contribution in [0.1, 0.15) is 31.7 Å². The molecule has 0 bridgehead atoms. The highest BCUT2D eigenvalue weighted by Crippen LogP contribution is 2.17. The van der Waals surface area contributed by atoms with Crippen molar-refractivity contribution in [2.45, 2.75) is 33.1 Å². The molecule has 0 aliphatic rings. The Kier molecular flexibility index (Phi) is 5.18. The van der Waals surface area contributed by atoms with E-state index in [2.05, 4.69) is 22.4 Å². The van der Waals surface area contributed by atoms with E-state index in [1.165, 1.54) is 11.3 Å². The number of carboxylic acids is 1. The van der Waals surface area contributed by atoms with Crippen LogP contribution in [0.4, 0.5) is 5.13 Å². The van der Waals surface area contributed by atoms with Crippen molar-refractivity contribution in [2.24, 2.45) is 5.92 Å². The maximum atomic E-state index is 10.6. The van der Waals surface area contributed by atoms with Crippen molar-refractivity contribution in [3.05, 3.63) is 5.01 Å². The molecule has 0 spiro atoms. The number of aryl methyl sites for hydroxylation is 1. The second kappa shape index (κ2) is 6.42. The number of carbonyl (C=O) groups is 1. The van der Waals surface area contributed by atoms with Gasteiger partial charge in [-0.05, 0) is 6.42 Å². The van der Waals surface area contributed by atoms with Crippen LogP contribution in [0.3, 0.4) is 0 Å². The van der Waals surface area contributed by atoms with Gasteiger partial charge in [-0.25, -0.2) is 0 Å². The molecular weight excluding hydrogens is 226 g/mol. The maximum absolute atomic E-state index is 10.6. The summed E-state index contributed by atoms with van der Waals surface area (Å²) in [4.78, 5) is 10.6. The SMILES string of the molecule is CCCCc1nnc(NCC(C)C(=O)O)s1. The number of carboxylic acid groups (broad SMARTS) is 1. The fourth-order valence-electron chi connectivity index (χ4n) is 1.08. The van der Waals surface area contributed by atoms with Crippen molar-refractivity contribution in [3.63, 3.8) is 0 Å². The summed E-state index contributed by atoms with van der Waals surface area (Å²) in [5, 5.41) is 21.4. The zero-order valence-electron chi connectivity index (χ0n) is 9.56. The molecule has 0 aromatic carbocycles. The second-order valence-electron chi connectivity index (χ2n) is 3.72. The monoisotopic (exact) mass is 243 g/mol. The first-order valence-electron chi connectivity index (χ1n) is 5.42.